The van der Waals surface area contributed by atoms with Crippen LogP contribution in [-0.4, -0.2) is 32.2 Å². The molecule has 26 heavy (non-hydrogen) atoms. The molecule has 3 aromatic rings. The molecule has 0 unspecified atom stereocenters. The molecule has 2 aromatic heterocycles. The van der Waals surface area contributed by atoms with Crippen LogP contribution in [0, 0.1) is 13.8 Å². The zero-order chi connectivity index (χ0) is 18.7. The van der Waals surface area contributed by atoms with Gasteiger partial charge in [-0.05, 0) is 38.0 Å². The largest absolute Gasteiger partial charge is 0.289 e. The van der Waals surface area contributed by atoms with E-state index in [-0.39, 0.29) is 5.91 Å². The van der Waals surface area contributed by atoms with Gasteiger partial charge in [0.15, 0.2) is 10.3 Å². The van der Waals surface area contributed by atoms with Crippen LogP contribution in [0.1, 0.15) is 30.7 Å². The number of amides is 1. The number of hydrogen-bond donors (Lipinski definition) is 0. The predicted molar refractivity (Wildman–Crippen MR) is 106 cm³/mol. The summed E-state index contributed by atoms with van der Waals surface area (Å²) < 4.78 is 2.01. The van der Waals surface area contributed by atoms with E-state index in [2.05, 4.69) is 47.2 Å². The molecule has 1 aromatic carbocycles. The Hall–Kier alpha value is -2.19. The quantitative estimate of drug-likeness (QED) is 0.598. The van der Waals surface area contributed by atoms with Crippen molar-refractivity contribution in [3.63, 3.8) is 0 Å². The minimum atomic E-state index is 0.00992. The zero-order valence-electron chi connectivity index (χ0n) is 15.3. The van der Waals surface area contributed by atoms with Gasteiger partial charge in [-0.25, -0.2) is 4.98 Å². The fourth-order valence-electron chi connectivity index (χ4n) is 2.58. The van der Waals surface area contributed by atoms with Crippen molar-refractivity contribution in [1.29, 1.82) is 0 Å². The first-order valence-electron chi connectivity index (χ1n) is 8.32. The van der Waals surface area contributed by atoms with Crippen LogP contribution in [0.25, 0.3) is 5.69 Å². The molecule has 0 aliphatic rings. The van der Waals surface area contributed by atoms with Gasteiger partial charge in [0.2, 0.25) is 5.91 Å². The van der Waals surface area contributed by atoms with Crippen LogP contribution in [0.3, 0.4) is 0 Å². The Morgan fingerprint density at radius 2 is 2.15 bits per heavy atom. The van der Waals surface area contributed by atoms with E-state index in [0.29, 0.717) is 12.3 Å². The van der Waals surface area contributed by atoms with E-state index in [1.807, 2.05) is 16.9 Å². The Morgan fingerprint density at radius 3 is 2.88 bits per heavy atom. The van der Waals surface area contributed by atoms with E-state index in [0.717, 1.165) is 21.7 Å². The SMILES string of the molecule is CCN(C(C)=O)c1nc(CSc2nncn2-c2cc(C)ccc2C)cs1. The van der Waals surface area contributed by atoms with Gasteiger partial charge < -0.3 is 0 Å². The summed E-state index contributed by atoms with van der Waals surface area (Å²) in [5, 5.41) is 11.9. The van der Waals surface area contributed by atoms with Crippen LogP contribution < -0.4 is 4.90 Å². The average Bonchev–Trinajstić information content (AvgIpc) is 3.25. The molecule has 1 amide bonds. The number of carbonyl (C=O) groups is 1. The molecule has 0 fully saturated rings. The first-order valence-corrected chi connectivity index (χ1v) is 10.2. The summed E-state index contributed by atoms with van der Waals surface area (Å²) in [6.07, 6.45) is 1.74. The molecule has 0 spiro atoms. The van der Waals surface area contributed by atoms with E-state index < -0.39 is 0 Å². The topological polar surface area (TPSA) is 63.9 Å². The number of carbonyl (C=O) groups excluding carboxylic acids is 1. The number of hydrogen-bond acceptors (Lipinski definition) is 6. The van der Waals surface area contributed by atoms with Crippen molar-refractivity contribution in [2.45, 2.75) is 38.6 Å². The lowest BCUT2D eigenvalue weighted by Gasteiger charge is -2.14. The lowest BCUT2D eigenvalue weighted by Crippen LogP contribution is -2.27. The second-order valence-electron chi connectivity index (χ2n) is 5.95. The van der Waals surface area contributed by atoms with Crippen molar-refractivity contribution >= 4 is 34.1 Å². The summed E-state index contributed by atoms with van der Waals surface area (Å²) in [5.41, 5.74) is 4.40. The van der Waals surface area contributed by atoms with E-state index >= 15 is 0 Å². The predicted octanol–water partition coefficient (Wildman–Crippen LogP) is 4.01. The van der Waals surface area contributed by atoms with Gasteiger partial charge in [0, 0.05) is 24.6 Å². The summed E-state index contributed by atoms with van der Waals surface area (Å²) >= 11 is 3.08. The number of thiazole rings is 1. The van der Waals surface area contributed by atoms with E-state index in [4.69, 9.17) is 0 Å². The van der Waals surface area contributed by atoms with Crippen LogP contribution in [0.5, 0.6) is 0 Å². The van der Waals surface area contributed by atoms with Gasteiger partial charge in [-0.2, -0.15) is 0 Å². The molecule has 0 aliphatic carbocycles. The number of aromatic nitrogens is 4. The van der Waals surface area contributed by atoms with E-state index in [1.165, 1.54) is 22.5 Å². The standard InChI is InChI=1S/C18H21N5OS2/c1-5-22(14(4)24)17-20-15(9-25-17)10-26-18-21-19-11-23(18)16-8-12(2)6-7-13(16)3/h6-9,11H,5,10H2,1-4H3. The number of benzene rings is 1. The van der Waals surface area contributed by atoms with Gasteiger partial charge in [-0.15, -0.1) is 21.5 Å². The fraction of sp³-hybridized carbons (Fsp3) is 0.333. The van der Waals surface area contributed by atoms with Crippen molar-refractivity contribution in [3.8, 4) is 5.69 Å². The maximum Gasteiger partial charge on any atom is 0.225 e. The highest BCUT2D eigenvalue weighted by Crippen LogP contribution is 2.28. The molecule has 136 valence electrons. The summed E-state index contributed by atoms with van der Waals surface area (Å²) in [6, 6.07) is 6.34. The van der Waals surface area contributed by atoms with E-state index in [9.17, 15) is 4.79 Å². The highest BCUT2D eigenvalue weighted by molar-refractivity contribution is 7.98. The number of thioether (sulfide) groups is 1. The fourth-order valence-corrected chi connectivity index (χ4v) is 4.44. The van der Waals surface area contributed by atoms with Crippen LogP contribution in [0.4, 0.5) is 5.13 Å². The molecular formula is C18H21N5OS2. The van der Waals surface area contributed by atoms with Crippen LogP contribution in [0.2, 0.25) is 0 Å². The van der Waals surface area contributed by atoms with Crippen molar-refractivity contribution < 1.29 is 4.79 Å². The smallest absolute Gasteiger partial charge is 0.225 e. The van der Waals surface area contributed by atoms with Gasteiger partial charge in [0.05, 0.1) is 11.4 Å². The number of anilines is 1. The molecule has 0 bridgehead atoms. The van der Waals surface area contributed by atoms with Gasteiger partial charge in [0.1, 0.15) is 6.33 Å². The Kier molecular flexibility index (Phi) is 5.73. The summed E-state index contributed by atoms with van der Waals surface area (Å²) in [4.78, 5) is 17.9. The molecule has 0 saturated carbocycles. The first kappa shape index (κ1) is 18.6. The molecule has 0 saturated heterocycles. The summed E-state index contributed by atoms with van der Waals surface area (Å²) in [7, 11) is 0. The second kappa shape index (κ2) is 8.01. The lowest BCUT2D eigenvalue weighted by atomic mass is 10.1. The van der Waals surface area contributed by atoms with Crippen LogP contribution >= 0.6 is 23.1 Å². The molecule has 2 heterocycles. The Balaban J connectivity index is 1.76. The summed E-state index contributed by atoms with van der Waals surface area (Å²) in [5.74, 6) is 0.686. The molecule has 8 heteroatoms. The Bertz CT molecular complexity index is 918. The third-order valence-electron chi connectivity index (χ3n) is 3.96. The molecule has 3 rings (SSSR count). The molecular weight excluding hydrogens is 366 g/mol. The van der Waals surface area contributed by atoms with E-state index in [1.54, 1.807) is 29.9 Å². The van der Waals surface area contributed by atoms with Crippen molar-refractivity contribution in [3.05, 3.63) is 46.7 Å². The monoisotopic (exact) mass is 387 g/mol. The van der Waals surface area contributed by atoms with Crippen molar-refractivity contribution in [2.75, 3.05) is 11.4 Å². The molecule has 0 atom stereocenters. The van der Waals surface area contributed by atoms with Gasteiger partial charge in [-0.3, -0.25) is 14.3 Å². The van der Waals surface area contributed by atoms with Crippen LogP contribution in [-0.2, 0) is 10.5 Å². The third-order valence-corrected chi connectivity index (χ3v) is 5.85. The average molecular weight is 388 g/mol. The van der Waals surface area contributed by atoms with Crippen molar-refractivity contribution in [2.24, 2.45) is 0 Å². The number of nitrogens with zero attached hydrogens (tertiary/aromatic N) is 5. The maximum absolute atomic E-state index is 11.7. The highest BCUT2D eigenvalue weighted by atomic mass is 32.2. The van der Waals surface area contributed by atoms with Gasteiger partial charge >= 0.3 is 0 Å². The zero-order valence-corrected chi connectivity index (χ0v) is 16.9. The Morgan fingerprint density at radius 1 is 1.35 bits per heavy atom. The molecule has 0 aliphatic heterocycles. The molecule has 0 N–H and O–H groups in total. The lowest BCUT2D eigenvalue weighted by molar-refractivity contribution is -0.116. The Labute approximate surface area is 161 Å². The number of rotatable bonds is 6. The summed E-state index contributed by atoms with van der Waals surface area (Å²) in [6.45, 7) is 8.29. The minimum absolute atomic E-state index is 0.00992. The number of aryl methyl sites for hydroxylation is 2. The maximum atomic E-state index is 11.7. The van der Waals surface area contributed by atoms with Crippen LogP contribution in [0.15, 0.2) is 35.1 Å². The highest BCUT2D eigenvalue weighted by Gasteiger charge is 2.15. The second-order valence-corrected chi connectivity index (χ2v) is 7.73. The van der Waals surface area contributed by atoms with Crippen molar-refractivity contribution in [1.82, 2.24) is 19.7 Å². The normalized spacial score (nSPS) is 10.9. The molecule has 0 radical (unpaired) electrons. The third kappa shape index (κ3) is 3.96. The van der Waals surface area contributed by atoms with Gasteiger partial charge in [-0.1, -0.05) is 23.9 Å². The minimum Gasteiger partial charge on any atom is -0.289 e. The van der Waals surface area contributed by atoms with Gasteiger partial charge in [0.25, 0.3) is 0 Å². The molecule has 6 nitrogen and oxygen atoms in total. The first-order chi connectivity index (χ1) is 12.5.